The molecule has 0 aliphatic heterocycles. The Morgan fingerprint density at radius 2 is 2.00 bits per heavy atom. The van der Waals surface area contributed by atoms with E-state index in [1.165, 1.54) is 23.5 Å². The fourth-order valence-corrected chi connectivity index (χ4v) is 2.83. The number of methoxy groups -OCH3 is 1. The van der Waals surface area contributed by atoms with Crippen molar-refractivity contribution >= 4 is 22.4 Å². The maximum atomic E-state index is 12.2. The van der Waals surface area contributed by atoms with E-state index in [9.17, 15) is 13.6 Å². The smallest absolute Gasteiger partial charge is 0.387 e. The monoisotopic (exact) mass is 372 g/mol. The van der Waals surface area contributed by atoms with E-state index in [0.29, 0.717) is 24.0 Å². The van der Waals surface area contributed by atoms with Crippen LogP contribution in [-0.2, 0) is 14.3 Å². The maximum absolute atomic E-state index is 12.2. The number of thiazole rings is 1. The quantitative estimate of drug-likeness (QED) is 0.684. The van der Waals surface area contributed by atoms with Crippen LogP contribution in [0.3, 0.4) is 0 Å². The van der Waals surface area contributed by atoms with Gasteiger partial charge in [-0.05, 0) is 31.2 Å². The van der Waals surface area contributed by atoms with Gasteiger partial charge in [0.15, 0.2) is 5.13 Å². The molecule has 0 aliphatic rings. The number of nitrogens with zero attached hydrogens (tertiary/aromatic N) is 1. The first-order chi connectivity index (χ1) is 12.0. The van der Waals surface area contributed by atoms with Gasteiger partial charge in [0.05, 0.1) is 18.9 Å². The van der Waals surface area contributed by atoms with Crippen LogP contribution in [0.25, 0.3) is 11.3 Å². The van der Waals surface area contributed by atoms with Crippen molar-refractivity contribution in [2.45, 2.75) is 13.5 Å². The summed E-state index contributed by atoms with van der Waals surface area (Å²) in [5.74, 6) is -0.231. The highest BCUT2D eigenvalue weighted by Crippen LogP contribution is 2.31. The first-order valence-electron chi connectivity index (χ1n) is 7.39. The summed E-state index contributed by atoms with van der Waals surface area (Å²) in [5, 5.41) is 3.11. The topological polar surface area (TPSA) is 69.7 Å². The van der Waals surface area contributed by atoms with Gasteiger partial charge in [0.1, 0.15) is 12.4 Å². The number of alkyl halides is 2. The van der Waals surface area contributed by atoms with Crippen molar-refractivity contribution in [2.75, 3.05) is 32.2 Å². The number of aryl methyl sites for hydroxylation is 1. The number of rotatable bonds is 9. The van der Waals surface area contributed by atoms with E-state index >= 15 is 0 Å². The van der Waals surface area contributed by atoms with Gasteiger partial charge in [-0.25, -0.2) is 4.98 Å². The number of ether oxygens (including phenoxy) is 3. The van der Waals surface area contributed by atoms with Gasteiger partial charge in [-0.1, -0.05) is 0 Å². The summed E-state index contributed by atoms with van der Waals surface area (Å²) < 4.78 is 38.6. The minimum Gasteiger partial charge on any atom is -0.435 e. The third-order valence-corrected chi connectivity index (χ3v) is 3.95. The Morgan fingerprint density at radius 1 is 1.28 bits per heavy atom. The van der Waals surface area contributed by atoms with E-state index in [4.69, 9.17) is 9.47 Å². The zero-order valence-electron chi connectivity index (χ0n) is 13.8. The molecule has 0 saturated heterocycles. The van der Waals surface area contributed by atoms with Crippen LogP contribution >= 0.6 is 11.3 Å². The summed E-state index contributed by atoms with van der Waals surface area (Å²) in [5.41, 5.74) is 1.41. The van der Waals surface area contributed by atoms with E-state index in [0.717, 1.165) is 10.4 Å². The highest BCUT2D eigenvalue weighted by molar-refractivity contribution is 7.16. The van der Waals surface area contributed by atoms with Crippen LogP contribution in [0.5, 0.6) is 5.75 Å². The van der Waals surface area contributed by atoms with Crippen LogP contribution in [0.15, 0.2) is 24.3 Å². The number of amides is 1. The van der Waals surface area contributed by atoms with Crippen LogP contribution in [0, 0.1) is 6.92 Å². The molecule has 1 aromatic heterocycles. The van der Waals surface area contributed by atoms with Gasteiger partial charge >= 0.3 is 6.61 Å². The number of aromatic nitrogens is 1. The molecule has 0 unspecified atom stereocenters. The third-order valence-electron chi connectivity index (χ3n) is 3.06. The molecular formula is C16H18F2N2O4S. The Kier molecular flexibility index (Phi) is 7.23. The molecule has 1 N–H and O–H groups in total. The van der Waals surface area contributed by atoms with Crippen molar-refractivity contribution in [3.05, 3.63) is 29.1 Å². The summed E-state index contributed by atoms with van der Waals surface area (Å²) in [7, 11) is 1.55. The van der Waals surface area contributed by atoms with Crippen LogP contribution in [-0.4, -0.2) is 44.4 Å². The number of halogens is 2. The van der Waals surface area contributed by atoms with Gasteiger partial charge in [-0.15, -0.1) is 11.3 Å². The fraction of sp³-hybridized carbons (Fsp3) is 0.375. The predicted molar refractivity (Wildman–Crippen MR) is 90.2 cm³/mol. The number of hydrogen-bond acceptors (Lipinski definition) is 6. The minimum absolute atomic E-state index is 0.0772. The predicted octanol–water partition coefficient (Wildman–Crippen LogP) is 3.32. The van der Waals surface area contributed by atoms with Gasteiger partial charge < -0.3 is 14.2 Å². The molecule has 9 heteroatoms. The summed E-state index contributed by atoms with van der Waals surface area (Å²) in [6, 6.07) is 6.17. The summed E-state index contributed by atoms with van der Waals surface area (Å²) in [6.45, 7) is -0.337. The average molecular weight is 372 g/mol. The second-order valence-corrected chi connectivity index (χ2v) is 6.12. The maximum Gasteiger partial charge on any atom is 0.387 e. The van der Waals surface area contributed by atoms with Gasteiger partial charge in [0, 0.05) is 17.6 Å². The van der Waals surface area contributed by atoms with Crippen molar-refractivity contribution in [2.24, 2.45) is 0 Å². The summed E-state index contributed by atoms with van der Waals surface area (Å²) in [6.07, 6.45) is 0. The Labute approximate surface area is 147 Å². The molecule has 0 aliphatic carbocycles. The molecular weight excluding hydrogens is 354 g/mol. The minimum atomic E-state index is -2.86. The number of carbonyl (C=O) groups excluding carboxylic acids is 1. The average Bonchev–Trinajstić information content (AvgIpc) is 2.92. The SMILES string of the molecule is COCCOCC(=O)Nc1nc(-c2ccc(OC(F)F)cc2)c(C)s1. The Balaban J connectivity index is 1.98. The molecule has 1 heterocycles. The summed E-state index contributed by atoms with van der Waals surface area (Å²) in [4.78, 5) is 17.0. The Morgan fingerprint density at radius 3 is 2.64 bits per heavy atom. The molecule has 0 spiro atoms. The summed E-state index contributed by atoms with van der Waals surface area (Å²) >= 11 is 1.32. The normalized spacial score (nSPS) is 10.9. The molecule has 1 amide bonds. The molecule has 2 rings (SSSR count). The number of hydrogen-bond donors (Lipinski definition) is 1. The van der Waals surface area contributed by atoms with E-state index in [-0.39, 0.29) is 18.3 Å². The largest absolute Gasteiger partial charge is 0.435 e. The van der Waals surface area contributed by atoms with Crippen molar-refractivity contribution in [1.29, 1.82) is 0 Å². The lowest BCUT2D eigenvalue weighted by Gasteiger charge is -2.05. The third kappa shape index (κ3) is 6.04. The van der Waals surface area contributed by atoms with Gasteiger partial charge in [-0.2, -0.15) is 8.78 Å². The van der Waals surface area contributed by atoms with E-state index in [1.807, 2.05) is 6.92 Å². The number of carbonyl (C=O) groups is 1. The molecule has 0 saturated carbocycles. The van der Waals surface area contributed by atoms with Gasteiger partial charge in [0.25, 0.3) is 5.91 Å². The zero-order chi connectivity index (χ0) is 18.2. The Bertz CT molecular complexity index is 692. The first-order valence-corrected chi connectivity index (χ1v) is 8.20. The number of nitrogens with one attached hydrogen (secondary N) is 1. The van der Waals surface area contributed by atoms with Crippen molar-refractivity contribution < 1.29 is 27.8 Å². The lowest BCUT2D eigenvalue weighted by atomic mass is 10.1. The van der Waals surface area contributed by atoms with Crippen molar-refractivity contribution in [3.8, 4) is 17.0 Å². The van der Waals surface area contributed by atoms with Crippen LogP contribution in [0.4, 0.5) is 13.9 Å². The first kappa shape index (κ1) is 19.2. The molecule has 0 atom stereocenters. The molecule has 0 fully saturated rings. The molecule has 136 valence electrons. The highest BCUT2D eigenvalue weighted by Gasteiger charge is 2.13. The van der Waals surface area contributed by atoms with E-state index in [2.05, 4.69) is 15.0 Å². The zero-order valence-corrected chi connectivity index (χ0v) is 14.6. The fourth-order valence-electron chi connectivity index (χ4n) is 1.97. The van der Waals surface area contributed by atoms with Crippen LogP contribution in [0.1, 0.15) is 4.88 Å². The molecule has 1 aromatic carbocycles. The number of benzene rings is 1. The Hall–Kier alpha value is -2.10. The van der Waals surface area contributed by atoms with Gasteiger partial charge in [0.2, 0.25) is 0 Å². The molecule has 0 bridgehead atoms. The van der Waals surface area contributed by atoms with Crippen LogP contribution in [0.2, 0.25) is 0 Å². The highest BCUT2D eigenvalue weighted by atomic mass is 32.1. The lowest BCUT2D eigenvalue weighted by Crippen LogP contribution is -2.19. The molecule has 6 nitrogen and oxygen atoms in total. The molecule has 25 heavy (non-hydrogen) atoms. The molecule has 0 radical (unpaired) electrons. The van der Waals surface area contributed by atoms with Crippen LogP contribution < -0.4 is 10.1 Å². The lowest BCUT2D eigenvalue weighted by molar-refractivity contribution is -0.121. The van der Waals surface area contributed by atoms with E-state index in [1.54, 1.807) is 19.2 Å². The standard InChI is InChI=1S/C16H18F2N2O4S/c1-10-14(11-3-5-12(6-4-11)24-15(17)18)20-16(25-10)19-13(21)9-23-8-7-22-2/h3-6,15H,7-9H2,1-2H3,(H,19,20,21). The van der Waals surface area contributed by atoms with Gasteiger partial charge in [-0.3, -0.25) is 10.1 Å². The van der Waals surface area contributed by atoms with E-state index < -0.39 is 6.61 Å². The second-order valence-electron chi connectivity index (χ2n) is 4.92. The number of anilines is 1. The second kappa shape index (κ2) is 9.40. The van der Waals surface area contributed by atoms with Crippen molar-refractivity contribution in [3.63, 3.8) is 0 Å². The molecule has 2 aromatic rings. The van der Waals surface area contributed by atoms with Crippen molar-refractivity contribution in [1.82, 2.24) is 4.98 Å².